The van der Waals surface area contributed by atoms with Crippen LogP contribution in [0.25, 0.3) is 0 Å². The van der Waals surface area contributed by atoms with Gasteiger partial charge >= 0.3 is 0 Å². The minimum Gasteiger partial charge on any atom is -0.424 e. The van der Waals surface area contributed by atoms with E-state index in [9.17, 15) is 0 Å². The number of rotatable bonds is 3. The summed E-state index contributed by atoms with van der Waals surface area (Å²) in [5, 5.41) is 12.3. The molecule has 1 aliphatic rings. The highest BCUT2D eigenvalue weighted by atomic mass is 35.5. The molecule has 0 spiro atoms. The lowest BCUT2D eigenvalue weighted by Crippen LogP contribution is -2.34. The minimum absolute atomic E-state index is 0.0175. The molecule has 0 aliphatic carbocycles. The highest BCUT2D eigenvalue weighted by Crippen LogP contribution is 2.34. The zero-order chi connectivity index (χ0) is 15.8. The number of fused-ring (bicyclic) bond motifs is 1. The van der Waals surface area contributed by atoms with Crippen LogP contribution in [0.5, 0.6) is 0 Å². The first-order valence-electron chi connectivity index (χ1n) is 7.28. The fourth-order valence-electron chi connectivity index (χ4n) is 2.92. The topological polar surface area (TPSA) is 67.9 Å². The molecule has 3 aromatic rings. The van der Waals surface area contributed by atoms with Gasteiger partial charge in [-0.1, -0.05) is 40.4 Å². The Morgan fingerprint density at radius 3 is 2.78 bits per heavy atom. The summed E-state index contributed by atoms with van der Waals surface area (Å²) in [6.07, 6.45) is 0.826. The summed E-state index contributed by atoms with van der Waals surface area (Å²) in [7, 11) is 0. The second-order valence-electron chi connectivity index (χ2n) is 5.55. The lowest BCUT2D eigenvalue weighted by molar-refractivity contribution is 0.135. The van der Waals surface area contributed by atoms with E-state index >= 15 is 0 Å². The summed E-state index contributed by atoms with van der Waals surface area (Å²) in [5.74, 6) is 1.21. The number of benzene rings is 1. The second-order valence-corrected chi connectivity index (χ2v) is 6.90. The first-order valence-corrected chi connectivity index (χ1v) is 8.43. The first kappa shape index (κ1) is 14.7. The third-order valence-electron chi connectivity index (χ3n) is 4.03. The lowest BCUT2D eigenvalue weighted by atomic mass is 9.94. The van der Waals surface area contributed by atoms with Crippen molar-refractivity contribution in [2.24, 2.45) is 0 Å². The molecule has 0 saturated carbocycles. The van der Waals surface area contributed by atoms with E-state index in [0.29, 0.717) is 22.7 Å². The maximum Gasteiger partial charge on any atom is 0.233 e. The zero-order valence-electron chi connectivity index (χ0n) is 12.4. The van der Waals surface area contributed by atoms with Gasteiger partial charge < -0.3 is 4.42 Å². The Bertz CT molecular complexity index is 833. The highest BCUT2D eigenvalue weighted by molar-refractivity contribution is 7.10. The molecule has 0 unspecified atom stereocenters. The maximum absolute atomic E-state index is 6.17. The summed E-state index contributed by atoms with van der Waals surface area (Å²) in [5.41, 5.74) is 3.41. The van der Waals surface area contributed by atoms with Crippen molar-refractivity contribution < 1.29 is 4.42 Å². The zero-order valence-corrected chi connectivity index (χ0v) is 14.0. The molecule has 0 N–H and O–H groups in total. The molecule has 8 heteroatoms. The van der Waals surface area contributed by atoms with Gasteiger partial charge in [0.05, 0.1) is 6.04 Å². The molecule has 23 heavy (non-hydrogen) atoms. The van der Waals surface area contributed by atoms with Crippen LogP contribution in [0, 0.1) is 6.92 Å². The molecule has 1 aliphatic heterocycles. The quantitative estimate of drug-likeness (QED) is 0.724. The van der Waals surface area contributed by atoms with Crippen molar-refractivity contribution >= 4 is 23.1 Å². The number of hydrogen-bond donors (Lipinski definition) is 0. The lowest BCUT2D eigenvalue weighted by Gasteiger charge is -2.34. The van der Waals surface area contributed by atoms with E-state index in [4.69, 9.17) is 16.0 Å². The van der Waals surface area contributed by atoms with E-state index in [2.05, 4.69) is 48.9 Å². The summed E-state index contributed by atoms with van der Waals surface area (Å²) in [6, 6.07) is 8.44. The largest absolute Gasteiger partial charge is 0.424 e. The van der Waals surface area contributed by atoms with E-state index in [1.807, 2.05) is 0 Å². The van der Waals surface area contributed by atoms with Crippen LogP contribution in [0.15, 0.2) is 28.7 Å². The van der Waals surface area contributed by atoms with Gasteiger partial charge in [-0.25, -0.2) is 0 Å². The van der Waals surface area contributed by atoms with Gasteiger partial charge in [0.15, 0.2) is 0 Å². The van der Waals surface area contributed by atoms with E-state index in [0.717, 1.165) is 18.7 Å². The fraction of sp³-hybridized carbons (Fsp3) is 0.333. The molecule has 0 radical (unpaired) electrons. The van der Waals surface area contributed by atoms with Gasteiger partial charge in [-0.05, 0) is 17.5 Å². The molecule has 1 aromatic carbocycles. The molecule has 118 valence electrons. The van der Waals surface area contributed by atoms with Crippen molar-refractivity contribution in [3.63, 3.8) is 0 Å². The Morgan fingerprint density at radius 2 is 2.09 bits per heavy atom. The molecule has 2 aromatic heterocycles. The van der Waals surface area contributed by atoms with Gasteiger partial charge in [0, 0.05) is 31.5 Å². The average Bonchev–Trinajstić information content (AvgIpc) is 3.16. The van der Waals surface area contributed by atoms with Crippen molar-refractivity contribution in [3.05, 3.63) is 57.2 Å². The molecule has 0 bridgehead atoms. The Kier molecular flexibility index (Phi) is 3.84. The number of hydrogen-bond acceptors (Lipinski definition) is 7. The normalized spacial score (nSPS) is 18.1. The number of halogens is 1. The highest BCUT2D eigenvalue weighted by Gasteiger charge is 2.32. The van der Waals surface area contributed by atoms with Crippen LogP contribution in [0.1, 0.15) is 34.6 Å². The Hall–Kier alpha value is -1.83. The maximum atomic E-state index is 6.17. The van der Waals surface area contributed by atoms with Gasteiger partial charge in [-0.3, -0.25) is 4.90 Å². The molecule has 0 fully saturated rings. The number of aromatic nitrogens is 4. The SMILES string of the molecule is Cc1nnc([C@H]2Cc3ccccc3CN2Cc2nnsc2Cl)o1. The van der Waals surface area contributed by atoms with Crippen molar-refractivity contribution in [3.8, 4) is 0 Å². The van der Waals surface area contributed by atoms with Crippen molar-refractivity contribution in [1.82, 2.24) is 24.7 Å². The van der Waals surface area contributed by atoms with Crippen LogP contribution in [-0.4, -0.2) is 24.7 Å². The average molecular weight is 348 g/mol. The predicted molar refractivity (Wildman–Crippen MR) is 86.1 cm³/mol. The van der Waals surface area contributed by atoms with E-state index in [1.54, 1.807) is 6.92 Å². The second kappa shape index (κ2) is 5.99. The van der Waals surface area contributed by atoms with E-state index in [1.165, 1.54) is 22.7 Å². The summed E-state index contributed by atoms with van der Waals surface area (Å²) in [4.78, 5) is 2.26. The number of nitrogens with zero attached hydrogens (tertiary/aromatic N) is 5. The molecule has 0 amide bonds. The third-order valence-corrected chi connectivity index (χ3v) is 5.02. The summed E-state index contributed by atoms with van der Waals surface area (Å²) >= 11 is 7.38. The van der Waals surface area contributed by atoms with Crippen LogP contribution in [0.3, 0.4) is 0 Å². The predicted octanol–water partition coefficient (Wildman–Crippen LogP) is 3.18. The molecular formula is C15H14ClN5OS. The third kappa shape index (κ3) is 2.87. The molecule has 0 saturated heterocycles. The number of aryl methyl sites for hydroxylation is 1. The van der Waals surface area contributed by atoms with Gasteiger partial charge in [-0.15, -0.1) is 15.3 Å². The van der Waals surface area contributed by atoms with Crippen LogP contribution >= 0.6 is 23.1 Å². The fourth-order valence-corrected chi connectivity index (χ4v) is 3.53. The smallest absolute Gasteiger partial charge is 0.233 e. The van der Waals surface area contributed by atoms with E-state index < -0.39 is 0 Å². The minimum atomic E-state index is 0.0175. The van der Waals surface area contributed by atoms with Crippen LogP contribution in [0.4, 0.5) is 0 Å². The van der Waals surface area contributed by atoms with E-state index in [-0.39, 0.29) is 6.04 Å². The Balaban J connectivity index is 1.69. The molecule has 3 heterocycles. The Morgan fingerprint density at radius 1 is 1.26 bits per heavy atom. The first-order chi connectivity index (χ1) is 11.2. The monoisotopic (exact) mass is 347 g/mol. The van der Waals surface area contributed by atoms with Crippen molar-refractivity contribution in [2.75, 3.05) is 0 Å². The van der Waals surface area contributed by atoms with Crippen LogP contribution in [0.2, 0.25) is 4.34 Å². The standard InChI is InChI=1S/C15H14ClN5OS/c1-9-17-19-15(22-9)13-6-10-4-2-3-5-11(10)7-21(13)8-12-14(16)23-20-18-12/h2-5,13H,6-8H2,1H3/t13-/m1/s1. The summed E-state index contributed by atoms with van der Waals surface area (Å²) < 4.78 is 10.2. The van der Waals surface area contributed by atoms with Gasteiger partial charge in [0.25, 0.3) is 0 Å². The van der Waals surface area contributed by atoms with Crippen LogP contribution in [-0.2, 0) is 19.5 Å². The molecular weight excluding hydrogens is 334 g/mol. The van der Waals surface area contributed by atoms with Crippen LogP contribution < -0.4 is 0 Å². The van der Waals surface area contributed by atoms with Gasteiger partial charge in [-0.2, -0.15) is 0 Å². The van der Waals surface area contributed by atoms with Crippen molar-refractivity contribution in [2.45, 2.75) is 32.5 Å². The summed E-state index contributed by atoms with van der Waals surface area (Å²) in [6.45, 7) is 3.20. The molecule has 1 atom stereocenters. The van der Waals surface area contributed by atoms with Crippen molar-refractivity contribution in [1.29, 1.82) is 0 Å². The molecule has 4 rings (SSSR count). The Labute approximate surface area is 142 Å². The molecule has 6 nitrogen and oxygen atoms in total. The van der Waals surface area contributed by atoms with Gasteiger partial charge in [0.1, 0.15) is 10.0 Å². The van der Waals surface area contributed by atoms with Gasteiger partial charge in [0.2, 0.25) is 11.8 Å².